The fourth-order valence-electron chi connectivity index (χ4n) is 3.61. The molecule has 0 spiro atoms. The van der Waals surface area contributed by atoms with Crippen molar-refractivity contribution in [3.05, 3.63) is 59.4 Å². The van der Waals surface area contributed by atoms with Crippen LogP contribution in [0.2, 0.25) is 0 Å². The quantitative estimate of drug-likeness (QED) is 0.786. The van der Waals surface area contributed by atoms with Crippen LogP contribution in [0.4, 0.5) is 9.18 Å². The number of carbonyl (C=O) groups is 2. The average molecular weight is 405 g/mol. The average Bonchev–Trinajstić information content (AvgIpc) is 2.73. The molecule has 1 unspecified atom stereocenters. The van der Waals surface area contributed by atoms with E-state index >= 15 is 0 Å². The molecule has 1 aromatic rings. The van der Waals surface area contributed by atoms with E-state index in [4.69, 9.17) is 4.74 Å². The summed E-state index contributed by atoms with van der Waals surface area (Å²) in [4.78, 5) is 25.6. The van der Waals surface area contributed by atoms with E-state index in [2.05, 4.69) is 0 Å². The minimum absolute atomic E-state index is 0.0967. The summed E-state index contributed by atoms with van der Waals surface area (Å²) >= 11 is 1.21. The first-order valence-corrected chi connectivity index (χ1v) is 10.5. The van der Waals surface area contributed by atoms with Gasteiger partial charge in [0.05, 0.1) is 0 Å². The van der Waals surface area contributed by atoms with Crippen molar-refractivity contribution in [2.75, 3.05) is 19.3 Å². The number of hydrogen-bond acceptors (Lipinski definition) is 4. The summed E-state index contributed by atoms with van der Waals surface area (Å²) in [7, 11) is 0. The molecule has 2 aliphatic rings. The van der Waals surface area contributed by atoms with Crippen LogP contribution in [0.1, 0.15) is 24.8 Å². The minimum Gasteiger partial charge on any atom is -0.480 e. The van der Waals surface area contributed by atoms with Crippen molar-refractivity contribution >= 4 is 23.8 Å². The molecule has 1 amide bonds. The van der Waals surface area contributed by atoms with E-state index in [1.165, 1.54) is 17.8 Å². The number of carbonyl (C=O) groups excluding carboxylic acids is 1. The maximum atomic E-state index is 14.4. The Kier molecular flexibility index (Phi) is 6.44. The molecule has 3 rings (SSSR count). The van der Waals surface area contributed by atoms with Crippen LogP contribution in [0.5, 0.6) is 0 Å². The minimum atomic E-state index is -1.11. The van der Waals surface area contributed by atoms with E-state index in [0.717, 1.165) is 5.56 Å². The van der Waals surface area contributed by atoms with E-state index in [1.54, 1.807) is 17.2 Å². The molecule has 1 heterocycles. The van der Waals surface area contributed by atoms with Gasteiger partial charge in [0.25, 0.3) is 0 Å². The number of allylic oxidation sites excluding steroid dienone is 3. The molecule has 1 N–H and O–H groups in total. The molecule has 150 valence electrons. The van der Waals surface area contributed by atoms with Gasteiger partial charge in [-0.05, 0) is 48.6 Å². The number of rotatable bonds is 5. The SMILES string of the molecule is CSC1(C(=O)O)C=C(C2CCN(C(=O)OCc3ccccc3)CC2)C(F)=CC1. The predicted octanol–water partition coefficient (Wildman–Crippen LogP) is 4.41. The molecule has 1 saturated heterocycles. The molecule has 1 aromatic carbocycles. The number of nitrogens with zero attached hydrogens (tertiary/aromatic N) is 1. The molecule has 5 nitrogen and oxygen atoms in total. The highest BCUT2D eigenvalue weighted by molar-refractivity contribution is 8.00. The molecule has 1 aliphatic heterocycles. The Morgan fingerprint density at radius 2 is 1.96 bits per heavy atom. The summed E-state index contributed by atoms with van der Waals surface area (Å²) in [5.74, 6) is -1.39. The lowest BCUT2D eigenvalue weighted by atomic mass is 9.82. The van der Waals surface area contributed by atoms with Gasteiger partial charge in [0, 0.05) is 13.1 Å². The Balaban J connectivity index is 1.59. The zero-order valence-corrected chi connectivity index (χ0v) is 16.6. The maximum Gasteiger partial charge on any atom is 0.410 e. The van der Waals surface area contributed by atoms with Crippen molar-refractivity contribution < 1.29 is 23.8 Å². The lowest BCUT2D eigenvalue weighted by molar-refractivity contribution is -0.138. The van der Waals surface area contributed by atoms with Crippen LogP contribution >= 0.6 is 11.8 Å². The van der Waals surface area contributed by atoms with Crippen molar-refractivity contribution in [2.45, 2.75) is 30.6 Å². The first-order chi connectivity index (χ1) is 13.4. The predicted molar refractivity (Wildman–Crippen MR) is 107 cm³/mol. The van der Waals surface area contributed by atoms with Crippen LogP contribution in [-0.2, 0) is 16.1 Å². The monoisotopic (exact) mass is 405 g/mol. The van der Waals surface area contributed by atoms with E-state index < -0.39 is 10.7 Å². The highest BCUT2D eigenvalue weighted by atomic mass is 32.2. The lowest BCUT2D eigenvalue weighted by Crippen LogP contribution is -2.40. The molecule has 0 saturated carbocycles. The van der Waals surface area contributed by atoms with Gasteiger partial charge >= 0.3 is 12.1 Å². The number of halogens is 1. The molecule has 1 atom stereocenters. The number of thioether (sulfide) groups is 1. The van der Waals surface area contributed by atoms with Crippen LogP contribution in [0, 0.1) is 5.92 Å². The van der Waals surface area contributed by atoms with Gasteiger partial charge in [0.1, 0.15) is 17.2 Å². The normalized spacial score (nSPS) is 23.0. The van der Waals surface area contributed by atoms with Gasteiger partial charge < -0.3 is 14.7 Å². The summed E-state index contributed by atoms with van der Waals surface area (Å²) < 4.78 is 18.7. The van der Waals surface area contributed by atoms with Gasteiger partial charge in [0.2, 0.25) is 0 Å². The molecule has 28 heavy (non-hydrogen) atoms. The summed E-state index contributed by atoms with van der Waals surface area (Å²) in [5, 5.41) is 9.57. The number of benzene rings is 1. The van der Waals surface area contributed by atoms with E-state index in [1.807, 2.05) is 30.3 Å². The Morgan fingerprint density at radius 3 is 2.57 bits per heavy atom. The van der Waals surface area contributed by atoms with Gasteiger partial charge in [-0.15, -0.1) is 11.8 Å². The Labute approximate surface area is 168 Å². The summed E-state index contributed by atoms with van der Waals surface area (Å²) in [6.45, 7) is 1.14. The van der Waals surface area contributed by atoms with Crippen LogP contribution in [0.15, 0.2) is 53.9 Å². The molecular formula is C21H24FNO4S. The largest absolute Gasteiger partial charge is 0.480 e. The molecule has 7 heteroatoms. The fraction of sp³-hybridized carbons (Fsp3) is 0.429. The van der Waals surface area contributed by atoms with Gasteiger partial charge in [-0.1, -0.05) is 36.4 Å². The highest BCUT2D eigenvalue weighted by Gasteiger charge is 2.40. The summed E-state index contributed by atoms with van der Waals surface area (Å²) in [6, 6.07) is 9.47. The number of carboxylic acid groups (broad SMARTS) is 1. The maximum absolute atomic E-state index is 14.4. The molecule has 0 radical (unpaired) electrons. The molecular weight excluding hydrogens is 381 g/mol. The number of piperidine rings is 1. The van der Waals surface area contributed by atoms with Gasteiger partial charge in [-0.2, -0.15) is 0 Å². The van der Waals surface area contributed by atoms with E-state index in [-0.39, 0.29) is 30.9 Å². The number of aliphatic carboxylic acids is 1. The fourth-order valence-corrected chi connectivity index (χ4v) is 4.28. The number of carboxylic acids is 1. The van der Waals surface area contributed by atoms with Gasteiger partial charge in [0.15, 0.2) is 0 Å². The number of amides is 1. The third-order valence-electron chi connectivity index (χ3n) is 5.37. The Bertz CT molecular complexity index is 787. The first-order valence-electron chi connectivity index (χ1n) is 9.28. The van der Waals surface area contributed by atoms with Gasteiger partial charge in [-0.25, -0.2) is 9.18 Å². The molecule has 0 aromatic heterocycles. The van der Waals surface area contributed by atoms with E-state index in [9.17, 15) is 19.1 Å². The third-order valence-corrected chi connectivity index (χ3v) is 6.56. The third kappa shape index (κ3) is 4.41. The number of likely N-dealkylation sites (tertiary alicyclic amines) is 1. The molecule has 1 fully saturated rings. The standard InChI is InChI=1S/C21H24FNO4S/c1-28-21(19(24)25)10-7-18(22)17(13-21)16-8-11-23(12-9-16)20(26)27-14-15-5-3-2-4-6-15/h2-7,13,16H,8-12,14H2,1H3,(H,24,25). The van der Waals surface area contributed by atoms with Crippen molar-refractivity contribution in [1.82, 2.24) is 4.90 Å². The topological polar surface area (TPSA) is 66.8 Å². The Hall–Kier alpha value is -2.28. The molecule has 1 aliphatic carbocycles. The summed E-state index contributed by atoms with van der Waals surface area (Å²) in [5.41, 5.74) is 1.38. The van der Waals surface area contributed by atoms with Crippen LogP contribution in [0.3, 0.4) is 0 Å². The number of ether oxygens (including phenoxy) is 1. The highest BCUT2D eigenvalue weighted by Crippen LogP contribution is 2.41. The Morgan fingerprint density at radius 1 is 1.29 bits per heavy atom. The first kappa shape index (κ1) is 20.5. The van der Waals surface area contributed by atoms with E-state index in [0.29, 0.717) is 31.5 Å². The molecule has 0 bridgehead atoms. The zero-order valence-electron chi connectivity index (χ0n) is 15.8. The zero-order chi connectivity index (χ0) is 20.1. The lowest BCUT2D eigenvalue weighted by Gasteiger charge is -2.35. The van der Waals surface area contributed by atoms with Crippen LogP contribution < -0.4 is 0 Å². The van der Waals surface area contributed by atoms with Crippen LogP contribution in [-0.4, -0.2) is 46.2 Å². The van der Waals surface area contributed by atoms with Gasteiger partial charge in [-0.3, -0.25) is 4.79 Å². The van der Waals surface area contributed by atoms with Crippen molar-refractivity contribution in [1.29, 1.82) is 0 Å². The van der Waals surface area contributed by atoms with Crippen LogP contribution in [0.25, 0.3) is 0 Å². The van der Waals surface area contributed by atoms with Crippen molar-refractivity contribution in [3.8, 4) is 0 Å². The number of hydrogen-bond donors (Lipinski definition) is 1. The second kappa shape index (κ2) is 8.82. The van der Waals surface area contributed by atoms with Crippen molar-refractivity contribution in [3.63, 3.8) is 0 Å². The van der Waals surface area contributed by atoms with Crippen molar-refractivity contribution in [2.24, 2.45) is 5.92 Å². The second-order valence-corrected chi connectivity index (χ2v) is 8.19. The second-order valence-electron chi connectivity index (χ2n) is 7.06. The summed E-state index contributed by atoms with van der Waals surface area (Å²) in [6.07, 6.45) is 5.60. The smallest absolute Gasteiger partial charge is 0.410 e.